The van der Waals surface area contributed by atoms with Crippen molar-refractivity contribution in [1.82, 2.24) is 10.3 Å². The summed E-state index contributed by atoms with van der Waals surface area (Å²) in [6.07, 6.45) is -75.6. The minimum atomic E-state index is -2.37. The number of imide groups is 1. The maximum Gasteiger partial charge on any atom is 0.335 e. The van der Waals surface area contributed by atoms with Crippen LogP contribution in [0.15, 0.2) is 16.8 Å². The highest BCUT2D eigenvalue weighted by molar-refractivity contribution is 8.00. The molecular weight excluding hydrogens is 2000 g/mol. The number of carboxylic acid groups (broad SMARTS) is 1. The van der Waals surface area contributed by atoms with Crippen LogP contribution in [-0.2, 0) is 119 Å². The van der Waals surface area contributed by atoms with E-state index in [2.05, 4.69) is 30.5 Å². The molecule has 13 fully saturated rings. The third-order valence-corrected chi connectivity index (χ3v) is 34.7. The largest absolute Gasteiger partial charge is 0.479 e. The molecule has 0 bridgehead atoms. The normalized spacial score (nSPS) is 47.6. The summed E-state index contributed by atoms with van der Waals surface area (Å²) in [7, 11) is 0. The Morgan fingerprint density at radius 3 is 1.68 bits per heavy atom. The van der Waals surface area contributed by atoms with Gasteiger partial charge in [0.1, 0.15) is 152 Å². The van der Waals surface area contributed by atoms with E-state index in [0.29, 0.717) is 25.7 Å². The summed E-state index contributed by atoms with van der Waals surface area (Å²) >= 11 is 1.18. The maximum absolute atomic E-state index is 16.6. The van der Waals surface area contributed by atoms with Crippen LogP contribution < -0.4 is 5.43 Å². The molecule has 52 atom stereocenters. The fraction of sp³-hybridized carbons (Fsp3) is 0.905. The van der Waals surface area contributed by atoms with Gasteiger partial charge in [-0.15, -0.1) is 11.8 Å². The first-order valence-corrected chi connectivity index (χ1v) is 51.8. The zero-order chi connectivity index (χ0) is 108. The number of carboxylic acids is 1. The molecule has 9 heterocycles. The zero-order valence-electron chi connectivity index (χ0n) is 84.1. The van der Waals surface area contributed by atoms with Crippen LogP contribution in [-0.4, -0.2) is 491 Å². The van der Waals surface area contributed by atoms with Crippen molar-refractivity contribution >= 4 is 53.6 Å². The summed E-state index contributed by atoms with van der Waals surface area (Å²) in [5.74, 6) is -6.70. The van der Waals surface area contributed by atoms with Gasteiger partial charge in [-0.1, -0.05) is 59.6 Å². The average Bonchev–Trinajstić information content (AvgIpc) is 0.695. The van der Waals surface area contributed by atoms with Crippen LogP contribution in [0, 0.1) is 50.2 Å². The Balaban J connectivity index is 0.773. The number of carbonyl (C=O) groups is 6. The van der Waals surface area contributed by atoms with Crippen molar-refractivity contribution in [2.24, 2.45) is 55.3 Å². The van der Waals surface area contributed by atoms with Gasteiger partial charge in [-0.05, 0) is 138 Å². The molecule has 3 amide bonds. The third kappa shape index (κ3) is 23.7. The summed E-state index contributed by atoms with van der Waals surface area (Å²) in [4.78, 5) is 84.0. The van der Waals surface area contributed by atoms with Crippen LogP contribution in [0.3, 0.4) is 0 Å². The van der Waals surface area contributed by atoms with Crippen molar-refractivity contribution in [2.75, 3.05) is 51.9 Å². The molecule has 0 aromatic rings. The Kier molecular flexibility index (Phi) is 38.7. The SMILES string of the molecule is CC(=O)OC1C(C)OC(OC2C(C)OC(OC(=O)[C@]34CCC(C)(C)CC3C3=CCC5[C@@]6(C)CC[C@H](OC(OC(C(=O)O)C(C)O)C(OC7OCC(O)C(O)C7O)OC7OC(CO)C(O)C(O)C7O)[C@@](C)(/C=N/NC(=O)CCCCCN7C(=O)CC(SCCO)C7=O)C6CC[C@@]5(C)[C@]3(C)C[C@H]4O)C(OC3OC(C)C(OC4OCC(O)C(OC5OC(CO)C(O)C(O)C5O)C4O)C(O)C3O)C2O)C(O)C1OC1OCC(O)C(O)C1O. The first-order valence-electron chi connectivity index (χ1n) is 50.7. The molecule has 9 aliphatic heterocycles. The van der Waals surface area contributed by atoms with E-state index in [1.807, 2.05) is 20.8 Å². The number of aliphatic hydroxyl groups excluding tert-OH is 23. The van der Waals surface area contributed by atoms with Crippen LogP contribution in [0.4, 0.5) is 0 Å². The molecule has 52 nitrogen and oxygen atoms in total. The summed E-state index contributed by atoms with van der Waals surface area (Å²) in [5.41, 5.74) is -3.36. The molecule has 846 valence electrons. The molecule has 53 heteroatoms. The second-order valence-electron chi connectivity index (χ2n) is 43.7. The number of amides is 3. The van der Waals surface area contributed by atoms with Gasteiger partial charge < -0.3 is 213 Å². The van der Waals surface area contributed by atoms with Gasteiger partial charge in [0.15, 0.2) is 62.3 Å². The Labute approximate surface area is 856 Å². The number of aliphatic hydroxyl groups is 23. The first kappa shape index (κ1) is 119. The number of aliphatic carboxylic acids is 1. The highest BCUT2D eigenvalue weighted by Gasteiger charge is 2.74. The minimum absolute atomic E-state index is 0.0149. The third-order valence-electron chi connectivity index (χ3n) is 33.5. The Hall–Kier alpha value is -4.82. The number of carbonyl (C=O) groups excluding carboxylic acids is 5. The zero-order valence-corrected chi connectivity index (χ0v) is 84.9. The molecule has 14 aliphatic rings. The molecule has 0 radical (unpaired) electrons. The Morgan fingerprint density at radius 1 is 0.534 bits per heavy atom. The number of nitrogens with one attached hydrogen (secondary N) is 1. The van der Waals surface area contributed by atoms with Gasteiger partial charge in [0, 0.05) is 43.7 Å². The fourth-order valence-electron chi connectivity index (χ4n) is 24.9. The van der Waals surface area contributed by atoms with Crippen molar-refractivity contribution in [3.8, 4) is 0 Å². The van der Waals surface area contributed by atoms with E-state index in [9.17, 15) is 147 Å². The number of esters is 2. The number of hydrogen-bond acceptors (Lipinski definition) is 50. The molecule has 5 aliphatic carbocycles. The number of hydrazone groups is 1. The van der Waals surface area contributed by atoms with Gasteiger partial charge in [-0.2, -0.15) is 5.10 Å². The standard InChI is InChI=1S/C95H151N3O49S/c1-36(102)70(78(126)127)139-87(88(145-80-63(118)56(111)44(105)33-130-80)146-84-65(120)60(115)58(113)47(31-101)137-84)138-52-19-20-91(8)49(92(52,9)35-96-97-53(108)15-13-12-14-24-98-54(109)27-48(77(98)125)148-26-25-99)18-21-93(10)50(91)17-16-41-42-28-90(6,7)22-23-95(42,51(107)29-94(41,93)11)89(128)147-86-76(67(122)72(38(3)134-86)141-85-69(124)75(73(39(4)133-85)135-40(5)103)143-79-62(117)55(110)43(104)32-129-79)144-82-66(121)61(116)71(37(2)132-82)140-81-68(123)74(45(106)34-131-81)142-83-64(119)59(114)57(112)46(30-100)136-83/h16,35-39,42-52,55-76,79-88,99-102,104-107,110-124H,12-15,17-34H2,1-11H3,(H,97,108)(H,126,127)/b96-35+/t36?,37?,38?,39?,42?,43?,44?,45?,46?,47?,48?,49?,50?,51-,52+,55?,56?,57?,58?,59?,60?,61?,62?,63?,64?,65?,66?,67?,68?,69?,70?,71?,72?,73?,74?,75?,76?,79?,80?,81?,82?,83?,84?,85?,86?,87?,88?,91+,92+,93-,94-,95-/m1/s1. The highest BCUT2D eigenvalue weighted by Crippen LogP contribution is 2.76. The molecule has 45 unspecified atom stereocenters. The number of unbranched alkanes of at least 4 members (excludes halogenated alkanes) is 2. The molecule has 25 N–H and O–H groups in total. The molecule has 0 spiro atoms. The number of allylic oxidation sites excluding steroid dienone is 2. The van der Waals surface area contributed by atoms with E-state index < -0.39 is 377 Å². The van der Waals surface area contributed by atoms with E-state index in [1.165, 1.54) is 43.6 Å². The van der Waals surface area contributed by atoms with Gasteiger partial charge in [-0.25, -0.2) is 10.2 Å². The van der Waals surface area contributed by atoms with Gasteiger partial charge in [0.05, 0.1) is 81.5 Å². The molecule has 9 saturated heterocycles. The quantitative estimate of drug-likeness (QED) is 0.00522. The molecule has 4 saturated carbocycles. The predicted molar refractivity (Wildman–Crippen MR) is 491 cm³/mol. The van der Waals surface area contributed by atoms with E-state index in [-0.39, 0.29) is 94.9 Å². The fourth-order valence-corrected chi connectivity index (χ4v) is 25.8. The molecule has 0 aromatic heterocycles. The van der Waals surface area contributed by atoms with Gasteiger partial charge in [0.2, 0.25) is 36.6 Å². The molecule has 14 rings (SSSR count). The number of hydrogen-bond donors (Lipinski definition) is 25. The summed E-state index contributed by atoms with van der Waals surface area (Å²) < 4.78 is 116. The number of likely N-dealkylation sites (tertiary alicyclic amines) is 1. The lowest BCUT2D eigenvalue weighted by atomic mass is 9.33. The number of thioether (sulfide) groups is 1. The van der Waals surface area contributed by atoms with E-state index >= 15 is 4.79 Å². The molecule has 0 aromatic carbocycles. The minimum Gasteiger partial charge on any atom is -0.479 e. The van der Waals surface area contributed by atoms with Crippen LogP contribution in [0.5, 0.6) is 0 Å². The van der Waals surface area contributed by atoms with E-state index in [4.69, 9.17) is 90.0 Å². The average molecular weight is 2150 g/mol. The van der Waals surface area contributed by atoms with Crippen LogP contribution in [0.1, 0.15) is 166 Å². The summed E-state index contributed by atoms with van der Waals surface area (Å²) in [6, 6.07) is 0. The smallest absolute Gasteiger partial charge is 0.335 e. The van der Waals surface area contributed by atoms with E-state index in [0.717, 1.165) is 19.4 Å². The number of nitrogens with zero attached hydrogens (tertiary/aromatic N) is 2. The van der Waals surface area contributed by atoms with Crippen molar-refractivity contribution < 1.29 is 241 Å². The van der Waals surface area contributed by atoms with Crippen LogP contribution in [0.2, 0.25) is 0 Å². The Morgan fingerprint density at radius 2 is 1.06 bits per heavy atom. The summed E-state index contributed by atoms with van der Waals surface area (Å²) in [6.45, 7) is 14.3. The maximum atomic E-state index is 16.6. The predicted octanol–water partition coefficient (Wildman–Crippen LogP) is -8.19. The lowest BCUT2D eigenvalue weighted by molar-refractivity contribution is -0.413. The van der Waals surface area contributed by atoms with Crippen molar-refractivity contribution in [1.29, 1.82) is 0 Å². The topological polar surface area (TPSA) is 791 Å². The van der Waals surface area contributed by atoms with E-state index in [1.54, 1.807) is 6.92 Å². The number of rotatable bonds is 37. The second kappa shape index (κ2) is 48.3. The van der Waals surface area contributed by atoms with Gasteiger partial charge in [0.25, 0.3) is 0 Å². The monoisotopic (exact) mass is 2150 g/mol. The number of ether oxygens (including phenoxy) is 19. The van der Waals surface area contributed by atoms with Crippen LogP contribution >= 0.6 is 11.8 Å². The van der Waals surface area contributed by atoms with Crippen molar-refractivity contribution in [3.05, 3.63) is 11.6 Å². The molecular formula is C95H151N3O49S. The second-order valence-corrected chi connectivity index (χ2v) is 45.0. The Bertz CT molecular complexity index is 4520. The lowest BCUT2D eigenvalue weighted by Gasteiger charge is -2.71. The highest BCUT2D eigenvalue weighted by atomic mass is 32.2. The first-order chi connectivity index (χ1) is 69.6. The van der Waals surface area contributed by atoms with Crippen LogP contribution in [0.25, 0.3) is 0 Å². The lowest BCUT2D eigenvalue weighted by Crippen LogP contribution is -2.69. The van der Waals surface area contributed by atoms with Gasteiger partial charge in [-0.3, -0.25) is 28.9 Å². The summed E-state index contributed by atoms with van der Waals surface area (Å²) in [5, 5.41) is 273. The van der Waals surface area contributed by atoms with Crippen molar-refractivity contribution in [3.63, 3.8) is 0 Å². The van der Waals surface area contributed by atoms with Crippen molar-refractivity contribution in [2.45, 2.75) is 436 Å². The number of fused-ring (bicyclic) bond motifs is 7. The van der Waals surface area contributed by atoms with Gasteiger partial charge >= 0.3 is 17.9 Å². The molecule has 148 heavy (non-hydrogen) atoms.